The molecule has 1 heterocycles. The highest BCUT2D eigenvalue weighted by atomic mass is 16.7. The minimum absolute atomic E-state index is 0.142. The third kappa shape index (κ3) is 4.75. The van der Waals surface area contributed by atoms with E-state index in [0.717, 1.165) is 25.7 Å². The zero-order valence-corrected chi connectivity index (χ0v) is 20.0. The first-order valence-electron chi connectivity index (χ1n) is 11.5. The van der Waals surface area contributed by atoms with Gasteiger partial charge in [0.05, 0.1) is 13.2 Å². The molecule has 1 aliphatic heterocycles. The first-order chi connectivity index (χ1) is 14.1. The Bertz CT molecular complexity index is 606. The molecule has 0 aromatic rings. The molecular weight excluding hydrogens is 382 g/mol. The minimum atomic E-state index is -1.32. The van der Waals surface area contributed by atoms with Gasteiger partial charge in [-0.2, -0.15) is 5.06 Å². The summed E-state index contributed by atoms with van der Waals surface area (Å²) in [6.45, 7) is 14.7. The van der Waals surface area contributed by atoms with Crippen LogP contribution in [0.5, 0.6) is 0 Å². The van der Waals surface area contributed by atoms with Crippen molar-refractivity contribution in [2.75, 3.05) is 13.2 Å². The Morgan fingerprint density at radius 3 is 1.97 bits per heavy atom. The third-order valence-electron chi connectivity index (χ3n) is 6.68. The van der Waals surface area contributed by atoms with E-state index in [1.54, 1.807) is 13.8 Å². The van der Waals surface area contributed by atoms with Gasteiger partial charge >= 0.3 is 11.9 Å². The molecule has 0 radical (unpaired) electrons. The van der Waals surface area contributed by atoms with E-state index >= 15 is 0 Å². The number of hydroxylamine groups is 2. The molecule has 0 unspecified atom stereocenters. The van der Waals surface area contributed by atoms with E-state index in [1.807, 2.05) is 19.1 Å². The summed E-state index contributed by atoms with van der Waals surface area (Å²) in [6, 6.07) is 0. The van der Waals surface area contributed by atoms with Gasteiger partial charge in [0, 0.05) is 17.0 Å². The van der Waals surface area contributed by atoms with E-state index in [4.69, 9.17) is 14.3 Å². The lowest BCUT2D eigenvalue weighted by Crippen LogP contribution is -2.60. The molecule has 2 aliphatic rings. The molecule has 1 saturated heterocycles. The van der Waals surface area contributed by atoms with Crippen molar-refractivity contribution < 1.29 is 23.9 Å². The van der Waals surface area contributed by atoms with Crippen molar-refractivity contribution >= 4 is 11.9 Å². The van der Waals surface area contributed by atoms with Gasteiger partial charge in [-0.15, -0.1) is 0 Å². The lowest BCUT2D eigenvalue weighted by atomic mass is 9.74. The Balaban J connectivity index is 2.45. The number of carbonyl (C=O) groups is 2. The van der Waals surface area contributed by atoms with Crippen LogP contribution in [0, 0.1) is 11.3 Å². The third-order valence-corrected chi connectivity index (χ3v) is 6.68. The Labute approximate surface area is 182 Å². The summed E-state index contributed by atoms with van der Waals surface area (Å²) < 4.78 is 10.8. The SMILES string of the molecule is C/C=C/[C@H](ON1C(C)(C)CCCC1(C)C)[C@H]1CCCC1(C(=O)OCC)C(=O)OCC. The Kier molecular flexibility index (Phi) is 8.14. The maximum atomic E-state index is 13.1. The average molecular weight is 424 g/mol. The zero-order chi connectivity index (χ0) is 22.6. The molecular formula is C24H41NO5. The topological polar surface area (TPSA) is 65.1 Å². The first kappa shape index (κ1) is 24.9. The highest BCUT2D eigenvalue weighted by Gasteiger charge is 2.60. The van der Waals surface area contributed by atoms with Gasteiger partial charge < -0.3 is 9.47 Å². The van der Waals surface area contributed by atoms with Crippen LogP contribution in [0.4, 0.5) is 0 Å². The summed E-state index contributed by atoms with van der Waals surface area (Å²) in [6.07, 6.45) is 8.61. The van der Waals surface area contributed by atoms with Crippen LogP contribution < -0.4 is 0 Å². The molecule has 0 amide bonds. The van der Waals surface area contributed by atoms with Crippen molar-refractivity contribution in [3.63, 3.8) is 0 Å². The van der Waals surface area contributed by atoms with Crippen molar-refractivity contribution in [3.05, 3.63) is 12.2 Å². The molecule has 2 rings (SSSR count). The molecule has 1 aliphatic carbocycles. The summed E-state index contributed by atoms with van der Waals surface area (Å²) in [7, 11) is 0. The number of nitrogens with zero attached hydrogens (tertiary/aromatic N) is 1. The number of carbonyl (C=O) groups excluding carboxylic acids is 2. The Morgan fingerprint density at radius 2 is 1.50 bits per heavy atom. The lowest BCUT2D eigenvalue weighted by molar-refractivity contribution is -0.306. The number of allylic oxidation sites excluding steroid dienone is 1. The normalized spacial score (nSPS) is 26.4. The fraction of sp³-hybridized carbons (Fsp3) is 0.833. The number of ether oxygens (including phenoxy) is 2. The molecule has 1 saturated carbocycles. The molecule has 0 aromatic heterocycles. The standard InChI is InChI=1S/C24H41NO5/c1-8-13-19(30-25-22(4,5)15-12-16-23(25,6)7)18-14-11-17-24(18,20(26)28-9-2)21(27)29-10-3/h8,13,18-19H,9-12,14-17H2,1-7H3/b13-8+/t18-,19+/m1/s1. The minimum Gasteiger partial charge on any atom is -0.465 e. The number of hydrogen-bond donors (Lipinski definition) is 0. The van der Waals surface area contributed by atoms with Gasteiger partial charge in [-0.05, 0) is 80.6 Å². The molecule has 172 valence electrons. The molecule has 0 aromatic carbocycles. The maximum Gasteiger partial charge on any atom is 0.323 e. The quantitative estimate of drug-likeness (QED) is 0.317. The summed E-state index contributed by atoms with van der Waals surface area (Å²) in [4.78, 5) is 33.0. The van der Waals surface area contributed by atoms with Crippen LogP contribution in [0.2, 0.25) is 0 Å². The smallest absolute Gasteiger partial charge is 0.323 e. The van der Waals surface area contributed by atoms with Crippen molar-refractivity contribution in [1.82, 2.24) is 5.06 Å². The predicted octanol–water partition coefficient (Wildman–Crippen LogP) is 4.82. The summed E-state index contributed by atoms with van der Waals surface area (Å²) >= 11 is 0. The highest BCUT2D eigenvalue weighted by molar-refractivity contribution is 6.01. The van der Waals surface area contributed by atoms with Crippen LogP contribution in [0.15, 0.2) is 12.2 Å². The zero-order valence-electron chi connectivity index (χ0n) is 20.0. The van der Waals surface area contributed by atoms with Gasteiger partial charge in [-0.25, -0.2) is 0 Å². The maximum absolute atomic E-state index is 13.1. The van der Waals surface area contributed by atoms with E-state index in [2.05, 4.69) is 32.8 Å². The number of rotatable bonds is 8. The lowest BCUT2D eigenvalue weighted by Gasteiger charge is -2.53. The van der Waals surface area contributed by atoms with Crippen LogP contribution in [-0.2, 0) is 23.9 Å². The van der Waals surface area contributed by atoms with Crippen LogP contribution in [0.1, 0.15) is 87.0 Å². The van der Waals surface area contributed by atoms with Crippen LogP contribution in [0.25, 0.3) is 0 Å². The van der Waals surface area contributed by atoms with E-state index in [0.29, 0.717) is 12.8 Å². The molecule has 2 atom stereocenters. The highest BCUT2D eigenvalue weighted by Crippen LogP contribution is 2.50. The number of piperidine rings is 1. The second kappa shape index (κ2) is 9.82. The van der Waals surface area contributed by atoms with Gasteiger partial charge in [0.1, 0.15) is 6.10 Å². The molecule has 6 heteroatoms. The van der Waals surface area contributed by atoms with Gasteiger partial charge in [-0.3, -0.25) is 14.4 Å². The molecule has 0 bridgehead atoms. The van der Waals surface area contributed by atoms with E-state index < -0.39 is 23.5 Å². The largest absolute Gasteiger partial charge is 0.465 e. The van der Waals surface area contributed by atoms with E-state index in [-0.39, 0.29) is 30.2 Å². The van der Waals surface area contributed by atoms with Gasteiger partial charge in [0.25, 0.3) is 0 Å². The molecule has 6 nitrogen and oxygen atoms in total. The second-order valence-corrected chi connectivity index (χ2v) is 9.78. The average Bonchev–Trinajstić information content (AvgIpc) is 3.10. The van der Waals surface area contributed by atoms with Crippen LogP contribution >= 0.6 is 0 Å². The first-order valence-corrected chi connectivity index (χ1v) is 11.5. The van der Waals surface area contributed by atoms with Crippen LogP contribution in [0.3, 0.4) is 0 Å². The van der Waals surface area contributed by atoms with E-state index in [9.17, 15) is 9.59 Å². The Hall–Kier alpha value is -1.40. The monoisotopic (exact) mass is 423 g/mol. The molecule has 0 N–H and O–H groups in total. The Morgan fingerprint density at radius 1 is 0.967 bits per heavy atom. The predicted molar refractivity (Wildman–Crippen MR) is 117 cm³/mol. The van der Waals surface area contributed by atoms with Gasteiger partial charge in [-0.1, -0.05) is 18.6 Å². The number of hydrogen-bond acceptors (Lipinski definition) is 6. The fourth-order valence-corrected chi connectivity index (χ4v) is 5.40. The van der Waals surface area contributed by atoms with Crippen molar-refractivity contribution in [2.24, 2.45) is 11.3 Å². The second-order valence-electron chi connectivity index (χ2n) is 9.78. The van der Waals surface area contributed by atoms with E-state index in [1.165, 1.54) is 0 Å². The van der Waals surface area contributed by atoms with Crippen molar-refractivity contribution in [2.45, 2.75) is 104 Å². The summed E-state index contributed by atoms with van der Waals surface area (Å²) in [5.74, 6) is -1.30. The summed E-state index contributed by atoms with van der Waals surface area (Å²) in [5, 5.41) is 2.10. The fourth-order valence-electron chi connectivity index (χ4n) is 5.40. The summed E-state index contributed by atoms with van der Waals surface area (Å²) in [5.41, 5.74) is -1.60. The van der Waals surface area contributed by atoms with Crippen molar-refractivity contribution in [1.29, 1.82) is 0 Å². The van der Waals surface area contributed by atoms with Crippen LogP contribution in [-0.4, -0.2) is 47.4 Å². The van der Waals surface area contributed by atoms with Crippen molar-refractivity contribution in [3.8, 4) is 0 Å². The molecule has 30 heavy (non-hydrogen) atoms. The van der Waals surface area contributed by atoms with Gasteiger partial charge in [0.2, 0.25) is 0 Å². The molecule has 2 fully saturated rings. The van der Waals surface area contributed by atoms with Gasteiger partial charge in [0.15, 0.2) is 5.41 Å². The number of esters is 2. The molecule has 0 spiro atoms.